The minimum Gasteiger partial charge on any atom is -0.497 e. The zero-order chi connectivity index (χ0) is 19.5. The van der Waals surface area contributed by atoms with Crippen molar-refractivity contribution in [1.29, 1.82) is 0 Å². The molecule has 0 radical (unpaired) electrons. The van der Waals surface area contributed by atoms with Crippen molar-refractivity contribution in [3.8, 4) is 5.75 Å². The van der Waals surface area contributed by atoms with Gasteiger partial charge in [-0.2, -0.15) is 0 Å². The van der Waals surface area contributed by atoms with Crippen molar-refractivity contribution >= 4 is 5.91 Å². The van der Waals surface area contributed by atoms with Gasteiger partial charge in [-0.25, -0.2) is 5.06 Å². The topological polar surface area (TPSA) is 66.5 Å². The molecule has 0 N–H and O–H groups in total. The third kappa shape index (κ3) is 6.92. The minimum absolute atomic E-state index is 0.00685. The van der Waals surface area contributed by atoms with Crippen molar-refractivity contribution in [3.05, 3.63) is 29.8 Å². The molecule has 0 unspecified atom stereocenters. The number of carbonyl (C=O) groups is 1. The predicted octanol–water partition coefficient (Wildman–Crippen LogP) is 2.49. The Morgan fingerprint density at radius 2 is 1.77 bits per heavy atom. The highest BCUT2D eigenvalue weighted by molar-refractivity contribution is 5.77. The number of hydrogen-bond donors (Lipinski definition) is 0. The van der Waals surface area contributed by atoms with Gasteiger partial charge in [0.15, 0.2) is 0 Å². The Morgan fingerprint density at radius 3 is 2.31 bits per heavy atom. The first-order valence-electron chi connectivity index (χ1n) is 8.57. The summed E-state index contributed by atoms with van der Waals surface area (Å²) in [7, 11) is 6.22. The fourth-order valence-corrected chi connectivity index (χ4v) is 2.64. The van der Waals surface area contributed by atoms with E-state index in [2.05, 4.69) is 0 Å². The van der Waals surface area contributed by atoms with Gasteiger partial charge in [0.2, 0.25) is 0 Å². The lowest BCUT2D eigenvalue weighted by molar-refractivity contribution is -0.184. The number of nitrogens with zero attached hydrogens (tertiary/aromatic N) is 1. The van der Waals surface area contributed by atoms with Crippen LogP contribution in [-0.4, -0.2) is 58.9 Å². The molecule has 7 nitrogen and oxygen atoms in total. The first kappa shape index (κ1) is 22.4. The molecule has 0 heterocycles. The Labute approximate surface area is 156 Å². The van der Waals surface area contributed by atoms with Crippen LogP contribution >= 0.6 is 0 Å². The van der Waals surface area contributed by atoms with Crippen molar-refractivity contribution in [2.24, 2.45) is 11.8 Å². The molecular formula is C19H31NO6. The normalized spacial score (nSPS) is 14.5. The molecule has 0 aliphatic heterocycles. The fraction of sp³-hybridized carbons (Fsp3) is 0.632. The fourth-order valence-electron chi connectivity index (χ4n) is 2.64. The molecule has 1 aromatic rings. The van der Waals surface area contributed by atoms with Crippen LogP contribution in [0.25, 0.3) is 0 Å². The first-order valence-corrected chi connectivity index (χ1v) is 8.57. The van der Waals surface area contributed by atoms with Crippen molar-refractivity contribution in [2.45, 2.75) is 26.6 Å². The molecule has 0 aliphatic carbocycles. The molecule has 3 atom stereocenters. The molecular weight excluding hydrogens is 338 g/mol. The van der Waals surface area contributed by atoms with E-state index in [4.69, 9.17) is 23.8 Å². The Balaban J connectivity index is 2.60. The lowest BCUT2D eigenvalue weighted by Crippen LogP contribution is -2.42. The average molecular weight is 369 g/mol. The molecule has 0 saturated heterocycles. The van der Waals surface area contributed by atoms with E-state index in [1.54, 1.807) is 21.3 Å². The number of hydroxylamine groups is 2. The average Bonchev–Trinajstić information content (AvgIpc) is 2.67. The summed E-state index contributed by atoms with van der Waals surface area (Å²) in [6.07, 6.45) is -0.351. The monoisotopic (exact) mass is 369 g/mol. The van der Waals surface area contributed by atoms with Crippen molar-refractivity contribution < 1.29 is 28.6 Å². The standard InChI is InChI=1S/C19H31NO6/c1-14(11-25-12-16-7-9-17(23-5)10-8-16)18(26-13-22-4)15(2)19(21)20(3)24-6/h7-10,14-15,18H,11-13H2,1-6H3/t14-,15+,18-/m0/s1. The van der Waals surface area contributed by atoms with Gasteiger partial charge in [-0.15, -0.1) is 0 Å². The van der Waals surface area contributed by atoms with Gasteiger partial charge in [0, 0.05) is 20.1 Å². The van der Waals surface area contributed by atoms with Crippen LogP contribution in [0.4, 0.5) is 0 Å². The number of rotatable bonds is 12. The van der Waals surface area contributed by atoms with E-state index in [1.165, 1.54) is 12.2 Å². The minimum atomic E-state index is -0.394. The van der Waals surface area contributed by atoms with Gasteiger partial charge in [-0.05, 0) is 17.7 Å². The highest BCUT2D eigenvalue weighted by Gasteiger charge is 2.32. The number of ether oxygens (including phenoxy) is 4. The lowest BCUT2D eigenvalue weighted by atomic mass is 9.93. The SMILES string of the molecule is COCO[C@@H]([C@@H](C)COCc1ccc(OC)cc1)[C@@H](C)C(=O)N(C)OC. The van der Waals surface area contributed by atoms with Gasteiger partial charge in [0.05, 0.1) is 39.5 Å². The highest BCUT2D eigenvalue weighted by Crippen LogP contribution is 2.21. The van der Waals surface area contributed by atoms with Gasteiger partial charge in [-0.3, -0.25) is 9.63 Å². The molecule has 0 spiro atoms. The maximum Gasteiger partial charge on any atom is 0.251 e. The predicted molar refractivity (Wildman–Crippen MR) is 97.5 cm³/mol. The van der Waals surface area contributed by atoms with E-state index in [9.17, 15) is 4.79 Å². The van der Waals surface area contributed by atoms with Crippen LogP contribution in [0.15, 0.2) is 24.3 Å². The van der Waals surface area contributed by atoms with Crippen molar-refractivity contribution in [2.75, 3.05) is 41.8 Å². The number of benzene rings is 1. The van der Waals surface area contributed by atoms with Crippen LogP contribution in [0.2, 0.25) is 0 Å². The Kier molecular flexibility index (Phi) is 10.2. The van der Waals surface area contributed by atoms with E-state index in [0.29, 0.717) is 13.2 Å². The Bertz CT molecular complexity index is 521. The Hall–Kier alpha value is -1.67. The van der Waals surface area contributed by atoms with Crippen LogP contribution in [0, 0.1) is 11.8 Å². The van der Waals surface area contributed by atoms with E-state index in [1.807, 2.05) is 38.1 Å². The third-order valence-corrected chi connectivity index (χ3v) is 4.21. The number of carbonyl (C=O) groups excluding carboxylic acids is 1. The third-order valence-electron chi connectivity index (χ3n) is 4.21. The van der Waals surface area contributed by atoms with Gasteiger partial charge >= 0.3 is 0 Å². The number of hydrogen-bond acceptors (Lipinski definition) is 6. The van der Waals surface area contributed by atoms with E-state index >= 15 is 0 Å². The Morgan fingerprint density at radius 1 is 1.12 bits per heavy atom. The molecule has 0 aliphatic rings. The van der Waals surface area contributed by atoms with Gasteiger partial charge < -0.3 is 18.9 Å². The largest absolute Gasteiger partial charge is 0.497 e. The smallest absolute Gasteiger partial charge is 0.251 e. The van der Waals surface area contributed by atoms with Gasteiger partial charge in [0.25, 0.3) is 5.91 Å². The summed E-state index contributed by atoms with van der Waals surface area (Å²) in [5.74, 6) is 0.252. The van der Waals surface area contributed by atoms with Crippen LogP contribution in [0.3, 0.4) is 0 Å². The second-order valence-electron chi connectivity index (χ2n) is 6.19. The second kappa shape index (κ2) is 11.9. The zero-order valence-corrected chi connectivity index (χ0v) is 16.6. The summed E-state index contributed by atoms with van der Waals surface area (Å²) in [6.45, 7) is 4.85. The second-order valence-corrected chi connectivity index (χ2v) is 6.19. The first-order chi connectivity index (χ1) is 12.4. The molecule has 0 fully saturated rings. The number of amides is 1. The molecule has 26 heavy (non-hydrogen) atoms. The summed E-state index contributed by atoms with van der Waals surface area (Å²) in [5, 5.41) is 1.21. The molecule has 0 aromatic heterocycles. The summed E-state index contributed by atoms with van der Waals surface area (Å²) in [6, 6.07) is 7.71. The summed E-state index contributed by atoms with van der Waals surface area (Å²) >= 11 is 0. The van der Waals surface area contributed by atoms with E-state index in [-0.39, 0.29) is 24.7 Å². The summed E-state index contributed by atoms with van der Waals surface area (Å²) < 4.78 is 21.7. The quantitative estimate of drug-likeness (QED) is 0.417. The van der Waals surface area contributed by atoms with Gasteiger partial charge in [0.1, 0.15) is 12.5 Å². The molecule has 1 rings (SSSR count). The van der Waals surface area contributed by atoms with Gasteiger partial charge in [-0.1, -0.05) is 26.0 Å². The maximum atomic E-state index is 12.4. The summed E-state index contributed by atoms with van der Waals surface area (Å²) in [4.78, 5) is 17.3. The molecule has 0 bridgehead atoms. The van der Waals surface area contributed by atoms with Crippen LogP contribution < -0.4 is 4.74 Å². The zero-order valence-electron chi connectivity index (χ0n) is 16.6. The maximum absolute atomic E-state index is 12.4. The summed E-state index contributed by atoms with van der Waals surface area (Å²) in [5.41, 5.74) is 1.05. The molecule has 1 aromatic carbocycles. The molecule has 148 valence electrons. The van der Waals surface area contributed by atoms with Crippen molar-refractivity contribution in [1.82, 2.24) is 5.06 Å². The van der Waals surface area contributed by atoms with Crippen LogP contribution in [0.5, 0.6) is 5.75 Å². The number of methoxy groups -OCH3 is 2. The highest BCUT2D eigenvalue weighted by atomic mass is 16.7. The molecule has 0 saturated carbocycles. The molecule has 7 heteroatoms. The van der Waals surface area contributed by atoms with E-state index in [0.717, 1.165) is 11.3 Å². The molecule has 1 amide bonds. The van der Waals surface area contributed by atoms with E-state index < -0.39 is 5.92 Å². The van der Waals surface area contributed by atoms with Crippen LogP contribution in [0.1, 0.15) is 19.4 Å². The van der Waals surface area contributed by atoms with Crippen LogP contribution in [-0.2, 0) is 30.4 Å². The van der Waals surface area contributed by atoms with Crippen molar-refractivity contribution in [3.63, 3.8) is 0 Å². The lowest BCUT2D eigenvalue weighted by Gasteiger charge is -2.30.